The van der Waals surface area contributed by atoms with Gasteiger partial charge in [0.2, 0.25) is 20.0 Å². The zero-order chi connectivity index (χ0) is 18.7. The number of hydrogen-bond donors (Lipinski definition) is 2. The second-order valence-electron chi connectivity index (χ2n) is 6.78. The molecule has 7 nitrogen and oxygen atoms in total. The van der Waals surface area contributed by atoms with Crippen molar-refractivity contribution >= 4 is 32.5 Å². The summed E-state index contributed by atoms with van der Waals surface area (Å²) >= 11 is 0. The highest BCUT2D eigenvalue weighted by Gasteiger charge is 2.31. The first-order valence-electron chi connectivity index (χ1n) is 8.46. The maximum absolute atomic E-state index is 12.8. The molecule has 0 amide bonds. The van der Waals surface area contributed by atoms with E-state index in [-0.39, 0.29) is 28.7 Å². The zero-order valence-corrected chi connectivity index (χ0v) is 17.5. The van der Waals surface area contributed by atoms with Gasteiger partial charge in [0.1, 0.15) is 0 Å². The smallest absolute Gasteiger partial charge is 0.243 e. The summed E-state index contributed by atoms with van der Waals surface area (Å²) in [6.07, 6.45) is 1.55. The fourth-order valence-electron chi connectivity index (χ4n) is 3.13. The lowest BCUT2D eigenvalue weighted by Crippen LogP contribution is -2.42. The molecule has 0 radical (unpaired) electrons. The summed E-state index contributed by atoms with van der Waals surface area (Å²) in [7, 11) is -7.26. The maximum Gasteiger partial charge on any atom is 0.243 e. The van der Waals surface area contributed by atoms with Crippen LogP contribution < -0.4 is 10.5 Å². The zero-order valence-electron chi connectivity index (χ0n) is 15.1. The van der Waals surface area contributed by atoms with E-state index in [1.807, 2.05) is 13.8 Å². The number of piperidine rings is 1. The van der Waals surface area contributed by atoms with Crippen molar-refractivity contribution in [3.63, 3.8) is 0 Å². The molecule has 0 saturated carbocycles. The Bertz CT molecular complexity index is 772. The highest BCUT2D eigenvalue weighted by Crippen LogP contribution is 2.27. The number of sulfonamides is 2. The molecule has 1 aliphatic heterocycles. The van der Waals surface area contributed by atoms with Gasteiger partial charge in [0.25, 0.3) is 0 Å². The summed E-state index contributed by atoms with van der Waals surface area (Å²) < 4.78 is 53.8. The van der Waals surface area contributed by atoms with Gasteiger partial charge in [0, 0.05) is 19.6 Å². The van der Waals surface area contributed by atoms with Crippen molar-refractivity contribution in [3.8, 4) is 0 Å². The van der Waals surface area contributed by atoms with E-state index in [1.54, 1.807) is 0 Å². The van der Waals surface area contributed by atoms with Crippen molar-refractivity contribution in [2.45, 2.75) is 36.5 Å². The molecule has 1 heterocycles. The van der Waals surface area contributed by atoms with Crippen LogP contribution in [0.4, 0.5) is 0 Å². The lowest BCUT2D eigenvalue weighted by atomic mass is 9.94. The molecule has 3 N–H and O–H groups in total. The minimum absolute atomic E-state index is 0. The molecule has 2 atom stereocenters. The van der Waals surface area contributed by atoms with E-state index in [2.05, 4.69) is 4.72 Å². The molecule has 10 heteroatoms. The Morgan fingerprint density at radius 2 is 1.54 bits per heavy atom. The van der Waals surface area contributed by atoms with Crippen molar-refractivity contribution in [2.75, 3.05) is 26.2 Å². The van der Waals surface area contributed by atoms with Gasteiger partial charge in [-0.1, -0.05) is 13.8 Å². The number of halogens is 1. The van der Waals surface area contributed by atoms with Gasteiger partial charge in [0.15, 0.2) is 0 Å². The van der Waals surface area contributed by atoms with E-state index >= 15 is 0 Å². The first kappa shape index (κ1) is 23.3. The third-order valence-electron chi connectivity index (χ3n) is 4.28. The normalized spacial score (nSPS) is 22.0. The van der Waals surface area contributed by atoms with Crippen LogP contribution in [0.1, 0.15) is 26.7 Å². The van der Waals surface area contributed by atoms with Crippen LogP contribution in [0.3, 0.4) is 0 Å². The Morgan fingerprint density at radius 3 is 2.04 bits per heavy atom. The SMILES string of the molecule is CC1CC(C)CN(S(=O)(=O)c2ccc(S(=O)(=O)NCCCN)cc2)C1.Cl. The van der Waals surface area contributed by atoms with Crippen molar-refractivity contribution in [2.24, 2.45) is 17.6 Å². The van der Waals surface area contributed by atoms with Crippen molar-refractivity contribution in [1.29, 1.82) is 0 Å². The molecular formula is C16H28ClN3O4S2. The molecule has 1 aliphatic rings. The second kappa shape index (κ2) is 9.48. The average Bonchev–Trinajstić information content (AvgIpc) is 2.54. The summed E-state index contributed by atoms with van der Waals surface area (Å²) in [6, 6.07) is 5.37. The van der Waals surface area contributed by atoms with Gasteiger partial charge in [0.05, 0.1) is 9.79 Å². The molecule has 2 unspecified atom stereocenters. The van der Waals surface area contributed by atoms with Gasteiger partial charge in [-0.25, -0.2) is 21.6 Å². The van der Waals surface area contributed by atoms with Gasteiger partial charge in [-0.05, 0) is 55.5 Å². The highest BCUT2D eigenvalue weighted by atomic mass is 35.5. The van der Waals surface area contributed by atoms with Crippen LogP contribution in [0.15, 0.2) is 34.1 Å². The standard InChI is InChI=1S/C16H27N3O4S2.ClH/c1-13-10-14(2)12-19(11-13)25(22,23)16-6-4-15(5-7-16)24(20,21)18-9-3-8-17;/h4-7,13-14,18H,3,8-12,17H2,1-2H3;1H. The number of nitrogens with two attached hydrogens (primary N) is 1. The van der Waals surface area contributed by atoms with Crippen LogP contribution in [0.5, 0.6) is 0 Å². The summed E-state index contributed by atoms with van der Waals surface area (Å²) in [5, 5.41) is 0. The van der Waals surface area contributed by atoms with Gasteiger partial charge < -0.3 is 5.73 Å². The maximum atomic E-state index is 12.8. The Labute approximate surface area is 162 Å². The third-order valence-corrected chi connectivity index (χ3v) is 7.60. The van der Waals surface area contributed by atoms with Crippen molar-refractivity contribution < 1.29 is 16.8 Å². The molecule has 26 heavy (non-hydrogen) atoms. The highest BCUT2D eigenvalue weighted by molar-refractivity contribution is 7.89. The van der Waals surface area contributed by atoms with Crippen LogP contribution in [-0.4, -0.2) is 47.3 Å². The largest absolute Gasteiger partial charge is 0.330 e. The van der Waals surface area contributed by atoms with Crippen LogP contribution in [0.2, 0.25) is 0 Å². The average molecular weight is 426 g/mol. The topological polar surface area (TPSA) is 110 Å². The van der Waals surface area contributed by atoms with Crippen LogP contribution >= 0.6 is 12.4 Å². The monoisotopic (exact) mass is 425 g/mol. The lowest BCUT2D eigenvalue weighted by molar-refractivity contribution is 0.222. The molecule has 2 rings (SSSR count). The van der Waals surface area contributed by atoms with Gasteiger partial charge in [-0.15, -0.1) is 12.4 Å². The van der Waals surface area contributed by atoms with Crippen molar-refractivity contribution in [1.82, 2.24) is 9.03 Å². The van der Waals surface area contributed by atoms with Crippen LogP contribution in [0, 0.1) is 11.8 Å². The van der Waals surface area contributed by atoms with Crippen molar-refractivity contribution in [3.05, 3.63) is 24.3 Å². The first-order valence-corrected chi connectivity index (χ1v) is 11.4. The third kappa shape index (κ3) is 5.64. The van der Waals surface area contributed by atoms with E-state index in [9.17, 15) is 16.8 Å². The quantitative estimate of drug-likeness (QED) is 0.641. The number of benzene rings is 1. The number of rotatable bonds is 7. The van der Waals surface area contributed by atoms with E-state index in [0.717, 1.165) is 6.42 Å². The fraction of sp³-hybridized carbons (Fsp3) is 0.625. The molecule has 0 bridgehead atoms. The van der Waals surface area contributed by atoms with Crippen LogP contribution in [0.25, 0.3) is 0 Å². The Balaban J connectivity index is 0.00000338. The van der Waals surface area contributed by atoms with Crippen LogP contribution in [-0.2, 0) is 20.0 Å². The van der Waals surface area contributed by atoms with Gasteiger partial charge in [-0.3, -0.25) is 0 Å². The molecule has 0 spiro atoms. The molecule has 1 aromatic carbocycles. The van der Waals surface area contributed by atoms with E-state index in [4.69, 9.17) is 5.73 Å². The Kier molecular flexibility index (Phi) is 8.50. The second-order valence-corrected chi connectivity index (χ2v) is 10.5. The number of hydrogen-bond acceptors (Lipinski definition) is 5. The number of nitrogens with zero attached hydrogens (tertiary/aromatic N) is 1. The molecule has 0 aromatic heterocycles. The van der Waals surface area contributed by atoms with E-state index < -0.39 is 20.0 Å². The summed E-state index contributed by atoms with van der Waals surface area (Å²) in [5.41, 5.74) is 5.35. The summed E-state index contributed by atoms with van der Waals surface area (Å²) in [6.45, 7) is 5.72. The van der Waals surface area contributed by atoms with E-state index in [1.165, 1.54) is 28.6 Å². The summed E-state index contributed by atoms with van der Waals surface area (Å²) in [5.74, 6) is 0.620. The predicted octanol–water partition coefficient (Wildman–Crippen LogP) is 1.40. The minimum atomic E-state index is -3.65. The Morgan fingerprint density at radius 1 is 1.04 bits per heavy atom. The molecule has 1 saturated heterocycles. The number of nitrogens with one attached hydrogen (secondary N) is 1. The van der Waals surface area contributed by atoms with E-state index in [0.29, 0.717) is 37.9 Å². The molecular weight excluding hydrogens is 398 g/mol. The fourth-order valence-corrected chi connectivity index (χ4v) is 5.89. The molecule has 150 valence electrons. The van der Waals surface area contributed by atoms with Gasteiger partial charge >= 0.3 is 0 Å². The lowest BCUT2D eigenvalue weighted by Gasteiger charge is -2.34. The predicted molar refractivity (Wildman–Crippen MR) is 104 cm³/mol. The Hall–Kier alpha value is -0.710. The molecule has 1 aromatic rings. The first-order chi connectivity index (χ1) is 11.7. The molecule has 0 aliphatic carbocycles. The minimum Gasteiger partial charge on any atom is -0.330 e. The molecule has 1 fully saturated rings. The van der Waals surface area contributed by atoms with Gasteiger partial charge in [-0.2, -0.15) is 4.31 Å². The summed E-state index contributed by atoms with van der Waals surface area (Å²) in [4.78, 5) is 0.165.